The van der Waals surface area contributed by atoms with Gasteiger partial charge < -0.3 is 0 Å². The molecule has 68 valence electrons. The average molecular weight is 402 g/mol. The SMILES string of the molecule is CCCCCS(=O)(=O)C(I)I. The van der Waals surface area contributed by atoms with Crippen molar-refractivity contribution in [3.05, 3.63) is 0 Å². The van der Waals surface area contributed by atoms with Crippen LogP contribution in [0.5, 0.6) is 0 Å². The Morgan fingerprint density at radius 3 is 2.18 bits per heavy atom. The van der Waals surface area contributed by atoms with Crippen molar-refractivity contribution < 1.29 is 8.42 Å². The van der Waals surface area contributed by atoms with Crippen LogP contribution in [-0.4, -0.2) is 15.4 Å². The zero-order valence-corrected chi connectivity index (χ0v) is 11.5. The Hall–Kier alpha value is 1.41. The fraction of sp³-hybridized carbons (Fsp3) is 1.00. The molecule has 0 spiro atoms. The van der Waals surface area contributed by atoms with Gasteiger partial charge in [-0.1, -0.05) is 64.9 Å². The lowest BCUT2D eigenvalue weighted by Gasteiger charge is -2.03. The van der Waals surface area contributed by atoms with Gasteiger partial charge in [0.25, 0.3) is 0 Å². The molecule has 11 heavy (non-hydrogen) atoms. The molecule has 0 aliphatic heterocycles. The lowest BCUT2D eigenvalue weighted by atomic mass is 10.3. The molecular formula is C6H12I2O2S. The fourth-order valence-corrected chi connectivity index (χ4v) is 2.95. The van der Waals surface area contributed by atoms with Crippen LogP contribution in [0.3, 0.4) is 0 Å². The number of sulfone groups is 1. The molecule has 0 rings (SSSR count). The molecule has 0 aliphatic carbocycles. The molecule has 0 N–H and O–H groups in total. The van der Waals surface area contributed by atoms with Crippen LogP contribution in [0.1, 0.15) is 26.2 Å². The number of hydrogen-bond donors (Lipinski definition) is 0. The predicted molar refractivity (Wildman–Crippen MR) is 65.1 cm³/mol. The van der Waals surface area contributed by atoms with E-state index in [1.807, 2.05) is 45.2 Å². The molecule has 0 aliphatic rings. The normalized spacial score (nSPS) is 12.4. The van der Waals surface area contributed by atoms with E-state index in [9.17, 15) is 8.42 Å². The highest BCUT2D eigenvalue weighted by molar-refractivity contribution is 14.2. The van der Waals surface area contributed by atoms with Crippen molar-refractivity contribution >= 4 is 55.0 Å². The van der Waals surface area contributed by atoms with Crippen molar-refractivity contribution in [1.82, 2.24) is 0 Å². The first-order valence-electron chi connectivity index (χ1n) is 3.50. The van der Waals surface area contributed by atoms with E-state index < -0.39 is 9.84 Å². The zero-order valence-electron chi connectivity index (χ0n) is 6.39. The number of alkyl halides is 2. The van der Waals surface area contributed by atoms with Crippen LogP contribution in [0.25, 0.3) is 0 Å². The molecular weight excluding hydrogens is 390 g/mol. The number of rotatable bonds is 5. The molecule has 0 aromatic heterocycles. The van der Waals surface area contributed by atoms with Gasteiger partial charge in [-0.25, -0.2) is 8.42 Å². The van der Waals surface area contributed by atoms with E-state index in [4.69, 9.17) is 0 Å². The monoisotopic (exact) mass is 402 g/mol. The smallest absolute Gasteiger partial charge is 0.171 e. The minimum Gasteiger partial charge on any atom is -0.227 e. The summed E-state index contributed by atoms with van der Waals surface area (Å²) in [6.45, 7) is 2.07. The van der Waals surface area contributed by atoms with Crippen LogP contribution in [0.15, 0.2) is 0 Å². The maximum atomic E-state index is 11.2. The largest absolute Gasteiger partial charge is 0.227 e. The summed E-state index contributed by atoms with van der Waals surface area (Å²) < 4.78 is 22.1. The minimum absolute atomic E-state index is 0.269. The van der Waals surface area contributed by atoms with Crippen LogP contribution in [0, 0.1) is 0 Å². The number of unbranched alkanes of at least 4 members (excludes halogenated alkanes) is 2. The lowest BCUT2D eigenvalue weighted by molar-refractivity contribution is 0.595. The molecule has 2 nitrogen and oxygen atoms in total. The Bertz CT molecular complexity index is 187. The van der Waals surface area contributed by atoms with Gasteiger partial charge in [0, 0.05) is 0 Å². The summed E-state index contributed by atoms with van der Waals surface area (Å²) in [7, 11) is -2.80. The van der Waals surface area contributed by atoms with Crippen molar-refractivity contribution in [2.75, 3.05) is 5.75 Å². The summed E-state index contributed by atoms with van der Waals surface area (Å²) >= 11 is 3.87. The summed E-state index contributed by atoms with van der Waals surface area (Å²) in [5.41, 5.74) is 0. The molecule has 0 fully saturated rings. The van der Waals surface area contributed by atoms with Crippen molar-refractivity contribution in [2.45, 2.75) is 27.4 Å². The van der Waals surface area contributed by atoms with E-state index in [-0.39, 0.29) is 1.26 Å². The summed E-state index contributed by atoms with van der Waals surface area (Å²) in [5, 5.41) is 0. The average Bonchev–Trinajstić information content (AvgIpc) is 1.88. The standard InChI is InChI=1S/C6H12I2O2S/c1-2-3-4-5-11(9,10)6(7)8/h6H,2-5H2,1H3. The van der Waals surface area contributed by atoms with Crippen molar-refractivity contribution in [1.29, 1.82) is 0 Å². The van der Waals surface area contributed by atoms with E-state index in [1.165, 1.54) is 0 Å². The molecule has 0 amide bonds. The minimum atomic E-state index is -2.80. The van der Waals surface area contributed by atoms with Crippen LogP contribution >= 0.6 is 45.2 Å². The van der Waals surface area contributed by atoms with Gasteiger partial charge in [0.05, 0.1) is 5.75 Å². The highest BCUT2D eigenvalue weighted by Crippen LogP contribution is 2.19. The van der Waals surface area contributed by atoms with Gasteiger partial charge in [-0.15, -0.1) is 0 Å². The first-order valence-corrected chi connectivity index (χ1v) is 7.71. The second-order valence-corrected chi connectivity index (χ2v) is 11.1. The third-order valence-corrected chi connectivity index (χ3v) is 7.35. The van der Waals surface area contributed by atoms with Crippen LogP contribution < -0.4 is 0 Å². The molecule has 0 unspecified atom stereocenters. The quantitative estimate of drug-likeness (QED) is 0.403. The molecule has 0 saturated heterocycles. The van der Waals surface area contributed by atoms with Crippen molar-refractivity contribution in [2.24, 2.45) is 0 Å². The van der Waals surface area contributed by atoms with Crippen molar-refractivity contribution in [3.63, 3.8) is 0 Å². The topological polar surface area (TPSA) is 34.1 Å². The van der Waals surface area contributed by atoms with Gasteiger partial charge >= 0.3 is 0 Å². The van der Waals surface area contributed by atoms with Crippen LogP contribution in [0.4, 0.5) is 0 Å². The predicted octanol–water partition coefficient (Wildman–Crippen LogP) is 2.75. The highest BCUT2D eigenvalue weighted by atomic mass is 127. The summed E-state index contributed by atoms with van der Waals surface area (Å²) in [5.74, 6) is 0.345. The van der Waals surface area contributed by atoms with E-state index in [0.717, 1.165) is 19.3 Å². The Labute approximate surface area is 95.7 Å². The van der Waals surface area contributed by atoms with E-state index >= 15 is 0 Å². The Balaban J connectivity index is 3.75. The van der Waals surface area contributed by atoms with Gasteiger partial charge in [-0.3, -0.25) is 0 Å². The molecule has 0 radical (unpaired) electrons. The molecule has 0 aromatic carbocycles. The van der Waals surface area contributed by atoms with E-state index in [2.05, 4.69) is 6.92 Å². The summed E-state index contributed by atoms with van der Waals surface area (Å²) in [4.78, 5) is 0. The highest BCUT2D eigenvalue weighted by Gasteiger charge is 2.17. The third-order valence-electron chi connectivity index (χ3n) is 1.30. The second kappa shape index (κ2) is 5.95. The fourth-order valence-electron chi connectivity index (χ4n) is 0.642. The first-order chi connectivity index (χ1) is 5.00. The lowest BCUT2D eigenvalue weighted by Crippen LogP contribution is -2.12. The Morgan fingerprint density at radius 2 is 1.82 bits per heavy atom. The maximum absolute atomic E-state index is 11.2. The van der Waals surface area contributed by atoms with E-state index in [1.54, 1.807) is 0 Å². The molecule has 0 bridgehead atoms. The summed E-state index contributed by atoms with van der Waals surface area (Å²) in [6, 6.07) is 0. The Morgan fingerprint density at radius 1 is 1.27 bits per heavy atom. The zero-order chi connectivity index (χ0) is 8.91. The van der Waals surface area contributed by atoms with Gasteiger partial charge in [-0.05, 0) is 6.42 Å². The number of hydrogen-bond acceptors (Lipinski definition) is 2. The van der Waals surface area contributed by atoms with Crippen LogP contribution in [0.2, 0.25) is 0 Å². The molecule has 0 atom stereocenters. The van der Waals surface area contributed by atoms with Gasteiger partial charge in [-0.2, -0.15) is 0 Å². The number of halogens is 2. The third kappa shape index (κ3) is 5.62. The van der Waals surface area contributed by atoms with Gasteiger partial charge in [0.2, 0.25) is 0 Å². The summed E-state index contributed by atoms with van der Waals surface area (Å²) in [6.07, 6.45) is 2.89. The molecule has 0 saturated carbocycles. The van der Waals surface area contributed by atoms with Gasteiger partial charge in [0.1, 0.15) is 0 Å². The maximum Gasteiger partial charge on any atom is 0.171 e. The molecule has 0 heterocycles. The van der Waals surface area contributed by atoms with Crippen LogP contribution in [-0.2, 0) is 9.84 Å². The second-order valence-electron chi connectivity index (χ2n) is 2.33. The Kier molecular flexibility index (Phi) is 6.72. The van der Waals surface area contributed by atoms with E-state index in [0.29, 0.717) is 5.75 Å². The first kappa shape index (κ1) is 12.4. The molecule has 5 heteroatoms. The molecule has 0 aromatic rings. The van der Waals surface area contributed by atoms with Crippen molar-refractivity contribution in [3.8, 4) is 0 Å². The van der Waals surface area contributed by atoms with Gasteiger partial charge in [0.15, 0.2) is 11.1 Å².